The first kappa shape index (κ1) is 14.4. The number of anilines is 2. The van der Waals surface area contributed by atoms with E-state index in [1.165, 1.54) is 5.01 Å². The second-order valence-electron chi connectivity index (χ2n) is 5.45. The number of fused-ring (bicyclic) bond motifs is 1. The number of amides is 1. The predicted molar refractivity (Wildman–Crippen MR) is 84.3 cm³/mol. The van der Waals surface area contributed by atoms with Gasteiger partial charge in [0.05, 0.1) is 5.69 Å². The average Bonchev–Trinajstić information content (AvgIpc) is 2.50. The summed E-state index contributed by atoms with van der Waals surface area (Å²) in [5.41, 5.74) is 4.54. The van der Waals surface area contributed by atoms with Crippen molar-refractivity contribution in [2.45, 2.75) is 19.8 Å². The predicted octanol–water partition coefficient (Wildman–Crippen LogP) is 1.07. The van der Waals surface area contributed by atoms with Gasteiger partial charge in [-0.15, -0.1) is 10.2 Å². The molecule has 1 amide bonds. The van der Waals surface area contributed by atoms with E-state index in [1.54, 1.807) is 19.0 Å². The van der Waals surface area contributed by atoms with Crippen molar-refractivity contribution in [3.8, 4) is 11.3 Å². The number of aryl methyl sites for hydroxylation is 2. The van der Waals surface area contributed by atoms with Crippen LogP contribution in [-0.4, -0.2) is 35.2 Å². The lowest BCUT2D eigenvalue weighted by Crippen LogP contribution is -2.31. The van der Waals surface area contributed by atoms with Crippen molar-refractivity contribution in [3.63, 3.8) is 0 Å². The Morgan fingerprint density at radius 2 is 2.05 bits per heavy atom. The van der Waals surface area contributed by atoms with E-state index in [-0.39, 0.29) is 5.91 Å². The summed E-state index contributed by atoms with van der Waals surface area (Å²) in [6, 6.07) is 5.95. The van der Waals surface area contributed by atoms with Gasteiger partial charge in [-0.25, -0.2) is 10.8 Å². The van der Waals surface area contributed by atoms with Gasteiger partial charge in [0.2, 0.25) is 5.91 Å². The SMILES string of the molecule is Cc1nc(N(C)N)nnc1-c1ccc2c(c1)CCC(=O)N2C. The second kappa shape index (κ2) is 5.34. The lowest BCUT2D eigenvalue weighted by Gasteiger charge is -2.26. The van der Waals surface area contributed by atoms with Gasteiger partial charge in [0, 0.05) is 31.8 Å². The summed E-state index contributed by atoms with van der Waals surface area (Å²) < 4.78 is 0. The highest BCUT2D eigenvalue weighted by molar-refractivity contribution is 5.96. The number of hydrazine groups is 1. The molecule has 2 aromatic rings. The number of rotatable bonds is 2. The van der Waals surface area contributed by atoms with Gasteiger partial charge in [-0.3, -0.25) is 9.80 Å². The Hall–Kier alpha value is -2.54. The van der Waals surface area contributed by atoms with Gasteiger partial charge in [-0.05, 0) is 31.0 Å². The fourth-order valence-electron chi connectivity index (χ4n) is 2.61. The Morgan fingerprint density at radius 1 is 1.27 bits per heavy atom. The molecule has 114 valence electrons. The largest absolute Gasteiger partial charge is 0.315 e. The van der Waals surface area contributed by atoms with Crippen LogP contribution in [0.2, 0.25) is 0 Å². The van der Waals surface area contributed by atoms with Gasteiger partial charge in [0.15, 0.2) is 0 Å². The molecule has 0 spiro atoms. The lowest BCUT2D eigenvalue weighted by molar-refractivity contribution is -0.118. The van der Waals surface area contributed by atoms with Crippen molar-refractivity contribution in [1.29, 1.82) is 0 Å². The van der Waals surface area contributed by atoms with Crippen molar-refractivity contribution in [2.75, 3.05) is 24.0 Å². The van der Waals surface area contributed by atoms with Crippen molar-refractivity contribution in [2.24, 2.45) is 5.84 Å². The molecule has 7 nitrogen and oxygen atoms in total. The number of benzene rings is 1. The van der Waals surface area contributed by atoms with Gasteiger partial charge in [-0.2, -0.15) is 0 Å². The molecule has 1 aromatic heterocycles. The molecular weight excluding hydrogens is 280 g/mol. The van der Waals surface area contributed by atoms with Crippen LogP contribution in [0.5, 0.6) is 0 Å². The number of hydrogen-bond acceptors (Lipinski definition) is 6. The molecule has 0 unspecified atom stereocenters. The van der Waals surface area contributed by atoms with E-state index in [1.807, 2.05) is 19.1 Å². The van der Waals surface area contributed by atoms with Crippen LogP contribution < -0.4 is 15.8 Å². The van der Waals surface area contributed by atoms with Crippen molar-refractivity contribution >= 4 is 17.5 Å². The molecule has 7 heteroatoms. The van der Waals surface area contributed by atoms with Crippen LogP contribution in [0.3, 0.4) is 0 Å². The molecule has 22 heavy (non-hydrogen) atoms. The van der Waals surface area contributed by atoms with Crippen LogP contribution in [0, 0.1) is 6.92 Å². The molecule has 0 fully saturated rings. The van der Waals surface area contributed by atoms with Gasteiger partial charge in [0.1, 0.15) is 5.69 Å². The molecule has 0 saturated heterocycles. The molecule has 0 atom stereocenters. The normalized spacial score (nSPS) is 14.0. The number of hydrogen-bond donors (Lipinski definition) is 1. The average molecular weight is 298 g/mol. The van der Waals surface area contributed by atoms with E-state index in [0.29, 0.717) is 12.4 Å². The lowest BCUT2D eigenvalue weighted by atomic mass is 9.97. The van der Waals surface area contributed by atoms with Gasteiger partial charge >= 0.3 is 0 Å². The Balaban J connectivity index is 2.02. The Bertz CT molecular complexity index is 743. The fourth-order valence-corrected chi connectivity index (χ4v) is 2.61. The summed E-state index contributed by atoms with van der Waals surface area (Å²) in [4.78, 5) is 17.8. The maximum absolute atomic E-state index is 11.7. The first-order chi connectivity index (χ1) is 10.5. The van der Waals surface area contributed by atoms with E-state index in [9.17, 15) is 4.79 Å². The van der Waals surface area contributed by atoms with E-state index in [4.69, 9.17) is 5.84 Å². The third-order valence-electron chi connectivity index (χ3n) is 3.86. The molecular formula is C15H18N6O. The molecule has 1 aliphatic rings. The molecule has 1 aromatic carbocycles. The van der Waals surface area contributed by atoms with Gasteiger partial charge < -0.3 is 4.90 Å². The van der Waals surface area contributed by atoms with Gasteiger partial charge in [-0.1, -0.05) is 6.07 Å². The minimum Gasteiger partial charge on any atom is -0.315 e. The molecule has 0 saturated carbocycles. The van der Waals surface area contributed by atoms with Crippen LogP contribution in [0.25, 0.3) is 11.3 Å². The summed E-state index contributed by atoms with van der Waals surface area (Å²) in [5.74, 6) is 6.15. The molecule has 2 heterocycles. The topological polar surface area (TPSA) is 88.2 Å². The van der Waals surface area contributed by atoms with Gasteiger partial charge in [0.25, 0.3) is 5.95 Å². The minimum absolute atomic E-state index is 0.147. The third-order valence-corrected chi connectivity index (χ3v) is 3.86. The van der Waals surface area contributed by atoms with Crippen molar-refractivity contribution in [3.05, 3.63) is 29.5 Å². The highest BCUT2D eigenvalue weighted by Gasteiger charge is 2.21. The number of nitrogens with zero attached hydrogens (tertiary/aromatic N) is 5. The van der Waals surface area contributed by atoms with E-state index >= 15 is 0 Å². The highest BCUT2D eigenvalue weighted by Crippen LogP contribution is 2.31. The number of carbonyl (C=O) groups excluding carboxylic acids is 1. The molecule has 0 radical (unpaired) electrons. The summed E-state index contributed by atoms with van der Waals surface area (Å²) in [5, 5.41) is 9.60. The zero-order valence-corrected chi connectivity index (χ0v) is 12.9. The Labute approximate surface area is 128 Å². The Morgan fingerprint density at radius 3 is 2.73 bits per heavy atom. The molecule has 1 aliphatic heterocycles. The smallest absolute Gasteiger partial charge is 0.259 e. The summed E-state index contributed by atoms with van der Waals surface area (Å²) in [6.07, 6.45) is 1.28. The highest BCUT2D eigenvalue weighted by atomic mass is 16.2. The van der Waals surface area contributed by atoms with Crippen molar-refractivity contribution in [1.82, 2.24) is 15.2 Å². The zero-order chi connectivity index (χ0) is 15.9. The van der Waals surface area contributed by atoms with Crippen LogP contribution in [0.1, 0.15) is 17.7 Å². The number of nitrogens with two attached hydrogens (primary N) is 1. The first-order valence-corrected chi connectivity index (χ1v) is 7.07. The van der Waals surface area contributed by atoms with Crippen molar-refractivity contribution < 1.29 is 4.79 Å². The third kappa shape index (κ3) is 2.39. The zero-order valence-electron chi connectivity index (χ0n) is 12.9. The minimum atomic E-state index is 0.147. The van der Waals surface area contributed by atoms with Crippen LogP contribution >= 0.6 is 0 Å². The molecule has 0 bridgehead atoms. The quantitative estimate of drug-likeness (QED) is 0.659. The maximum atomic E-state index is 11.7. The molecule has 2 N–H and O–H groups in total. The standard InChI is InChI=1S/C15H18N6O/c1-9-14(18-19-15(17-9)21(3)16)11-4-6-12-10(8-11)5-7-13(22)20(12)2/h4,6,8H,5,7,16H2,1-3H3. The van der Waals surface area contributed by atoms with Crippen LogP contribution in [0.4, 0.5) is 11.6 Å². The van der Waals surface area contributed by atoms with E-state index in [0.717, 1.165) is 34.6 Å². The molecule has 3 rings (SSSR count). The monoisotopic (exact) mass is 298 g/mol. The maximum Gasteiger partial charge on any atom is 0.259 e. The summed E-state index contributed by atoms with van der Waals surface area (Å²) >= 11 is 0. The van der Waals surface area contributed by atoms with E-state index in [2.05, 4.69) is 21.2 Å². The Kier molecular flexibility index (Phi) is 3.50. The first-order valence-electron chi connectivity index (χ1n) is 7.07. The van der Waals surface area contributed by atoms with Crippen LogP contribution in [0.15, 0.2) is 18.2 Å². The van der Waals surface area contributed by atoms with Crippen LogP contribution in [-0.2, 0) is 11.2 Å². The summed E-state index contributed by atoms with van der Waals surface area (Å²) in [6.45, 7) is 1.88. The van der Waals surface area contributed by atoms with E-state index < -0.39 is 0 Å². The second-order valence-corrected chi connectivity index (χ2v) is 5.45. The number of aromatic nitrogens is 3. The number of carbonyl (C=O) groups is 1. The fraction of sp³-hybridized carbons (Fsp3) is 0.333. The summed E-state index contributed by atoms with van der Waals surface area (Å²) in [7, 11) is 3.47. The molecule has 0 aliphatic carbocycles.